The minimum atomic E-state index is -0.298. The van der Waals surface area contributed by atoms with E-state index in [1.54, 1.807) is 6.92 Å². The van der Waals surface area contributed by atoms with Gasteiger partial charge < -0.3 is 20.1 Å². The lowest BCUT2D eigenvalue weighted by molar-refractivity contribution is -0.121. The van der Waals surface area contributed by atoms with E-state index < -0.39 is 0 Å². The van der Waals surface area contributed by atoms with E-state index >= 15 is 0 Å². The number of carbonyl (C=O) groups is 1. The molecule has 2 aromatic carbocycles. The second-order valence-electron chi connectivity index (χ2n) is 7.53. The monoisotopic (exact) mass is 420 g/mol. The van der Waals surface area contributed by atoms with Crippen molar-refractivity contribution in [3.05, 3.63) is 75.2 Å². The Balaban J connectivity index is 1.48. The minimum absolute atomic E-state index is 0.149. The number of nitrogens with zero attached hydrogens (tertiary/aromatic N) is 2. The Morgan fingerprint density at radius 3 is 2.65 bits per heavy atom. The minimum Gasteiger partial charge on any atom is -0.454 e. The molecule has 0 aliphatic carbocycles. The number of nitrogens with one attached hydrogen (secondary N) is 2. The highest BCUT2D eigenvalue weighted by Gasteiger charge is 2.15. The fraction of sp³-hybridized carbons (Fsp3) is 0.261. The van der Waals surface area contributed by atoms with Crippen molar-refractivity contribution in [3.63, 3.8) is 0 Å². The van der Waals surface area contributed by atoms with Crippen LogP contribution < -0.4 is 25.7 Å². The Labute approximate surface area is 179 Å². The van der Waals surface area contributed by atoms with Crippen LogP contribution >= 0.6 is 0 Å². The lowest BCUT2D eigenvalue weighted by atomic mass is 10.1. The molecule has 0 atom stereocenters. The fourth-order valence-electron chi connectivity index (χ4n) is 3.27. The van der Waals surface area contributed by atoms with E-state index in [0.29, 0.717) is 29.7 Å². The van der Waals surface area contributed by atoms with Gasteiger partial charge in [0.15, 0.2) is 11.5 Å². The van der Waals surface area contributed by atoms with Gasteiger partial charge in [0.1, 0.15) is 6.54 Å². The summed E-state index contributed by atoms with van der Waals surface area (Å²) in [6, 6.07) is 12.8. The number of benzene rings is 2. The molecule has 4 rings (SSSR count). The number of aromatic nitrogens is 2. The SMILES string of the molecule is Cc1cc(=O)n(CC(=O)NCc2ccc3c(c2)OCO3)c(Nc2ccc(C)c(C)c2)n1. The molecule has 0 fully saturated rings. The van der Waals surface area contributed by atoms with Crippen molar-refractivity contribution >= 4 is 17.5 Å². The summed E-state index contributed by atoms with van der Waals surface area (Å²) in [5.41, 5.74) is 4.25. The van der Waals surface area contributed by atoms with Gasteiger partial charge in [-0.2, -0.15) is 0 Å². The number of rotatable bonds is 6. The van der Waals surface area contributed by atoms with Crippen molar-refractivity contribution in [2.24, 2.45) is 0 Å². The second kappa shape index (κ2) is 8.51. The van der Waals surface area contributed by atoms with Gasteiger partial charge in [0.05, 0.1) is 0 Å². The first-order valence-electron chi connectivity index (χ1n) is 9.97. The maximum Gasteiger partial charge on any atom is 0.255 e. The third kappa shape index (κ3) is 4.69. The zero-order valence-electron chi connectivity index (χ0n) is 17.7. The van der Waals surface area contributed by atoms with E-state index in [2.05, 4.69) is 15.6 Å². The van der Waals surface area contributed by atoms with Crippen LogP contribution in [0.1, 0.15) is 22.4 Å². The molecule has 8 nitrogen and oxygen atoms in total. The van der Waals surface area contributed by atoms with E-state index in [9.17, 15) is 9.59 Å². The van der Waals surface area contributed by atoms with Gasteiger partial charge in [0, 0.05) is 24.0 Å². The number of carbonyl (C=O) groups excluding carboxylic acids is 1. The van der Waals surface area contributed by atoms with E-state index in [0.717, 1.165) is 16.8 Å². The zero-order valence-corrected chi connectivity index (χ0v) is 17.7. The predicted octanol–water partition coefficient (Wildman–Crippen LogP) is 2.96. The molecule has 160 valence electrons. The molecule has 1 aliphatic rings. The summed E-state index contributed by atoms with van der Waals surface area (Å²) in [5.74, 6) is 1.38. The van der Waals surface area contributed by atoms with Crippen LogP contribution in [-0.2, 0) is 17.9 Å². The Morgan fingerprint density at radius 1 is 1.03 bits per heavy atom. The molecule has 0 radical (unpaired) electrons. The Bertz CT molecular complexity index is 1200. The standard InChI is InChI=1S/C23H24N4O4/c1-14-4-6-18(8-15(14)2)26-23-25-16(3)9-22(29)27(23)12-21(28)24-11-17-5-7-19-20(10-17)31-13-30-19/h4-10H,11-13H2,1-3H3,(H,24,28)(H,25,26). The summed E-state index contributed by atoms with van der Waals surface area (Å²) in [6.45, 7) is 6.15. The van der Waals surface area contributed by atoms with Crippen molar-refractivity contribution in [1.82, 2.24) is 14.9 Å². The van der Waals surface area contributed by atoms with Gasteiger partial charge in [-0.05, 0) is 61.7 Å². The molecule has 1 aliphatic heterocycles. The molecule has 0 saturated heterocycles. The van der Waals surface area contributed by atoms with Crippen LogP contribution in [0.4, 0.5) is 11.6 Å². The van der Waals surface area contributed by atoms with Crippen LogP contribution in [-0.4, -0.2) is 22.3 Å². The van der Waals surface area contributed by atoms with Gasteiger partial charge >= 0.3 is 0 Å². The van der Waals surface area contributed by atoms with Crippen molar-refractivity contribution < 1.29 is 14.3 Å². The van der Waals surface area contributed by atoms with Gasteiger partial charge in [0.25, 0.3) is 5.56 Å². The smallest absolute Gasteiger partial charge is 0.255 e. The molecular formula is C23H24N4O4. The predicted molar refractivity (Wildman–Crippen MR) is 117 cm³/mol. The molecule has 0 saturated carbocycles. The van der Waals surface area contributed by atoms with Gasteiger partial charge in [-0.3, -0.25) is 14.2 Å². The number of amides is 1. The summed E-state index contributed by atoms with van der Waals surface area (Å²) in [6.07, 6.45) is 0. The molecule has 0 bridgehead atoms. The topological polar surface area (TPSA) is 94.5 Å². The Morgan fingerprint density at radius 2 is 1.84 bits per heavy atom. The first kappa shape index (κ1) is 20.5. The number of ether oxygens (including phenoxy) is 2. The van der Waals surface area contributed by atoms with Crippen molar-refractivity contribution in [2.45, 2.75) is 33.9 Å². The summed E-state index contributed by atoms with van der Waals surface area (Å²) < 4.78 is 12.0. The Kier molecular flexibility index (Phi) is 5.62. The van der Waals surface area contributed by atoms with Crippen molar-refractivity contribution in [1.29, 1.82) is 0 Å². The molecular weight excluding hydrogens is 396 g/mol. The van der Waals surface area contributed by atoms with Crippen LogP contribution in [0, 0.1) is 20.8 Å². The zero-order chi connectivity index (χ0) is 22.0. The van der Waals surface area contributed by atoms with Gasteiger partial charge in [0.2, 0.25) is 18.6 Å². The van der Waals surface area contributed by atoms with E-state index in [1.165, 1.54) is 16.2 Å². The molecule has 2 heterocycles. The Hall–Kier alpha value is -3.81. The molecule has 8 heteroatoms. The second-order valence-corrected chi connectivity index (χ2v) is 7.53. The van der Waals surface area contributed by atoms with E-state index in [4.69, 9.17) is 9.47 Å². The molecule has 0 spiro atoms. The van der Waals surface area contributed by atoms with E-state index in [1.807, 2.05) is 50.2 Å². The summed E-state index contributed by atoms with van der Waals surface area (Å²) >= 11 is 0. The van der Waals surface area contributed by atoms with Crippen LogP contribution in [0.5, 0.6) is 11.5 Å². The number of hydrogen-bond donors (Lipinski definition) is 2. The van der Waals surface area contributed by atoms with Crippen molar-refractivity contribution in [3.8, 4) is 11.5 Å². The maximum atomic E-state index is 12.6. The average Bonchev–Trinajstić information content (AvgIpc) is 3.19. The molecule has 3 aromatic rings. The van der Waals surface area contributed by atoms with E-state index in [-0.39, 0.29) is 24.8 Å². The third-order valence-corrected chi connectivity index (χ3v) is 5.13. The fourth-order valence-corrected chi connectivity index (χ4v) is 3.27. The lowest BCUT2D eigenvalue weighted by Gasteiger charge is -2.15. The number of fused-ring (bicyclic) bond motifs is 1. The van der Waals surface area contributed by atoms with Gasteiger partial charge in [-0.1, -0.05) is 12.1 Å². The highest BCUT2D eigenvalue weighted by atomic mass is 16.7. The number of hydrogen-bond acceptors (Lipinski definition) is 6. The third-order valence-electron chi connectivity index (χ3n) is 5.13. The normalized spacial score (nSPS) is 12.0. The number of anilines is 2. The number of aryl methyl sites for hydroxylation is 3. The van der Waals surface area contributed by atoms with Crippen LogP contribution in [0.15, 0.2) is 47.3 Å². The summed E-state index contributed by atoms with van der Waals surface area (Å²) in [4.78, 5) is 29.6. The average molecular weight is 420 g/mol. The summed E-state index contributed by atoms with van der Waals surface area (Å²) in [5, 5.41) is 6.01. The quantitative estimate of drug-likeness (QED) is 0.637. The molecule has 1 amide bonds. The first-order valence-corrected chi connectivity index (χ1v) is 9.97. The van der Waals surface area contributed by atoms with Crippen LogP contribution in [0.3, 0.4) is 0 Å². The first-order chi connectivity index (χ1) is 14.9. The van der Waals surface area contributed by atoms with Gasteiger partial charge in [-0.15, -0.1) is 0 Å². The maximum absolute atomic E-state index is 12.6. The van der Waals surface area contributed by atoms with Crippen LogP contribution in [0.25, 0.3) is 0 Å². The van der Waals surface area contributed by atoms with Crippen LogP contribution in [0.2, 0.25) is 0 Å². The molecule has 1 aromatic heterocycles. The van der Waals surface area contributed by atoms with Crippen molar-refractivity contribution in [2.75, 3.05) is 12.1 Å². The highest BCUT2D eigenvalue weighted by molar-refractivity contribution is 5.76. The molecule has 0 unspecified atom stereocenters. The largest absolute Gasteiger partial charge is 0.454 e. The summed E-state index contributed by atoms with van der Waals surface area (Å²) in [7, 11) is 0. The molecule has 2 N–H and O–H groups in total. The van der Waals surface area contributed by atoms with Gasteiger partial charge in [-0.25, -0.2) is 4.98 Å². The molecule has 31 heavy (non-hydrogen) atoms. The lowest BCUT2D eigenvalue weighted by Crippen LogP contribution is -2.33. The highest BCUT2D eigenvalue weighted by Crippen LogP contribution is 2.32.